The zero-order valence-corrected chi connectivity index (χ0v) is 14.2. The summed E-state index contributed by atoms with van der Waals surface area (Å²) in [5, 5.41) is 10.1. The fourth-order valence-electron chi connectivity index (χ4n) is 3.07. The monoisotopic (exact) mass is 357 g/mol. The van der Waals surface area contributed by atoms with Gasteiger partial charge in [0.25, 0.3) is 0 Å². The molecule has 26 heavy (non-hydrogen) atoms. The molecule has 1 N–H and O–H groups in total. The summed E-state index contributed by atoms with van der Waals surface area (Å²) >= 11 is 0. The third-order valence-corrected chi connectivity index (χ3v) is 4.43. The molecule has 0 radical (unpaired) electrons. The Morgan fingerprint density at radius 1 is 1.23 bits per heavy atom. The molecule has 2 unspecified atom stereocenters. The Morgan fingerprint density at radius 2 is 2.00 bits per heavy atom. The molecule has 136 valence electrons. The molecule has 1 saturated heterocycles. The third-order valence-electron chi connectivity index (χ3n) is 4.43. The predicted molar refractivity (Wildman–Crippen MR) is 92.6 cm³/mol. The topological polar surface area (TPSA) is 66.8 Å². The first-order chi connectivity index (χ1) is 12.6. The lowest BCUT2D eigenvalue weighted by Crippen LogP contribution is -2.34. The maximum Gasteiger partial charge on any atom is 0.417 e. The van der Waals surface area contributed by atoms with Crippen LogP contribution in [0, 0.1) is 5.82 Å². The molecule has 1 aliphatic rings. The molecule has 1 fully saturated rings. The minimum atomic E-state index is -0.853. The Balaban J connectivity index is 1.57. The average molecular weight is 357 g/mol. The van der Waals surface area contributed by atoms with Gasteiger partial charge in [-0.25, -0.2) is 14.1 Å². The van der Waals surface area contributed by atoms with Gasteiger partial charge in [-0.15, -0.1) is 0 Å². The Kier molecular flexibility index (Phi) is 5.63. The van der Waals surface area contributed by atoms with E-state index in [1.165, 1.54) is 18.2 Å². The maximum absolute atomic E-state index is 13.2. The van der Waals surface area contributed by atoms with Crippen LogP contribution in [0.2, 0.25) is 0 Å². The lowest BCUT2D eigenvalue weighted by molar-refractivity contribution is -0.129. The zero-order chi connectivity index (χ0) is 18.5. The summed E-state index contributed by atoms with van der Waals surface area (Å²) in [6.07, 6.45) is -0.718. The first kappa shape index (κ1) is 18.1. The van der Waals surface area contributed by atoms with Crippen molar-refractivity contribution in [2.75, 3.05) is 6.61 Å². The molecule has 2 aromatic rings. The summed E-state index contributed by atoms with van der Waals surface area (Å²) in [5.74, 6) is -0.754. The number of hydrogen-bond donors (Lipinski definition) is 1. The number of hydrogen-bond acceptors (Lipinski definition) is 4. The van der Waals surface area contributed by atoms with E-state index in [4.69, 9.17) is 4.74 Å². The predicted octanol–water partition coefficient (Wildman–Crippen LogP) is 3.75. The zero-order valence-electron chi connectivity index (χ0n) is 14.2. The highest BCUT2D eigenvalue weighted by atomic mass is 19.1. The van der Waals surface area contributed by atoms with Gasteiger partial charge in [-0.1, -0.05) is 42.5 Å². The number of aliphatic hydroxyl groups excluding tert-OH is 1. The molecular formula is C20H20FNO4. The number of carbonyl (C=O) groups excluding carboxylic acids is 2. The van der Waals surface area contributed by atoms with Gasteiger partial charge in [0.15, 0.2) is 0 Å². The maximum atomic E-state index is 13.2. The molecule has 0 bridgehead atoms. The summed E-state index contributed by atoms with van der Waals surface area (Å²) in [6.45, 7) is 0.139. The number of imide groups is 1. The molecule has 1 aliphatic heterocycles. The van der Waals surface area contributed by atoms with Crippen LogP contribution in [-0.2, 0) is 9.53 Å². The van der Waals surface area contributed by atoms with Crippen molar-refractivity contribution in [3.63, 3.8) is 0 Å². The number of benzene rings is 2. The van der Waals surface area contributed by atoms with Crippen LogP contribution in [0.15, 0.2) is 54.6 Å². The van der Waals surface area contributed by atoms with Gasteiger partial charge in [-0.3, -0.25) is 4.79 Å². The second-order valence-corrected chi connectivity index (χ2v) is 6.23. The number of carbonyl (C=O) groups is 2. The molecular weight excluding hydrogens is 337 g/mol. The second-order valence-electron chi connectivity index (χ2n) is 6.23. The molecule has 0 aliphatic carbocycles. The highest BCUT2D eigenvalue weighted by molar-refractivity contribution is 5.93. The first-order valence-electron chi connectivity index (χ1n) is 8.53. The van der Waals surface area contributed by atoms with Crippen LogP contribution in [0.25, 0.3) is 0 Å². The van der Waals surface area contributed by atoms with E-state index in [1.807, 2.05) is 30.3 Å². The number of amides is 2. The molecule has 0 saturated carbocycles. The Labute approximate surface area is 151 Å². The van der Waals surface area contributed by atoms with Gasteiger partial charge < -0.3 is 9.84 Å². The number of nitrogens with zero attached hydrogens (tertiary/aromatic N) is 1. The van der Waals surface area contributed by atoms with E-state index in [0.717, 1.165) is 10.5 Å². The molecule has 1 heterocycles. The minimum Gasteiger partial charge on any atom is -0.446 e. The average Bonchev–Trinajstić information content (AvgIpc) is 3.04. The highest BCUT2D eigenvalue weighted by Crippen LogP contribution is 2.29. The fourth-order valence-corrected chi connectivity index (χ4v) is 3.07. The third kappa shape index (κ3) is 4.08. The summed E-state index contributed by atoms with van der Waals surface area (Å²) in [7, 11) is 0. The van der Waals surface area contributed by atoms with Crippen LogP contribution in [-0.4, -0.2) is 28.6 Å². The quantitative estimate of drug-likeness (QED) is 0.855. The smallest absolute Gasteiger partial charge is 0.417 e. The molecule has 6 heteroatoms. The fraction of sp³-hybridized carbons (Fsp3) is 0.300. The van der Waals surface area contributed by atoms with E-state index in [-0.39, 0.29) is 18.9 Å². The van der Waals surface area contributed by atoms with Crippen molar-refractivity contribution in [3.05, 3.63) is 71.5 Å². The number of aliphatic hydroxyl groups is 1. The Hall–Kier alpha value is -2.73. The van der Waals surface area contributed by atoms with Crippen molar-refractivity contribution in [1.29, 1.82) is 0 Å². The van der Waals surface area contributed by atoms with Gasteiger partial charge in [-0.05, 0) is 36.1 Å². The van der Waals surface area contributed by atoms with E-state index in [0.29, 0.717) is 18.4 Å². The Bertz CT molecular complexity index is 780. The van der Waals surface area contributed by atoms with Crippen molar-refractivity contribution >= 4 is 12.0 Å². The van der Waals surface area contributed by atoms with Crippen molar-refractivity contribution in [3.8, 4) is 0 Å². The standard InChI is InChI=1S/C20H20FNO4/c21-16-9-4-8-15(12-16)18(23)10-5-11-19(24)22-17(13-26-20(22)25)14-6-2-1-3-7-14/h1-4,6-9,12,17-18,23H,5,10-11,13H2. The van der Waals surface area contributed by atoms with Crippen molar-refractivity contribution in [2.24, 2.45) is 0 Å². The molecule has 0 spiro atoms. The Morgan fingerprint density at radius 3 is 2.73 bits per heavy atom. The number of ether oxygens (including phenoxy) is 1. The van der Waals surface area contributed by atoms with Crippen molar-refractivity contribution in [1.82, 2.24) is 4.90 Å². The van der Waals surface area contributed by atoms with Crippen LogP contribution in [0.1, 0.15) is 42.5 Å². The number of halogens is 1. The van der Waals surface area contributed by atoms with E-state index >= 15 is 0 Å². The molecule has 5 nitrogen and oxygen atoms in total. The van der Waals surface area contributed by atoms with Crippen molar-refractivity contribution < 1.29 is 23.8 Å². The summed E-state index contributed by atoms with van der Waals surface area (Å²) in [4.78, 5) is 25.6. The highest BCUT2D eigenvalue weighted by Gasteiger charge is 2.38. The van der Waals surface area contributed by atoms with Gasteiger partial charge >= 0.3 is 6.09 Å². The van der Waals surface area contributed by atoms with Crippen molar-refractivity contribution in [2.45, 2.75) is 31.4 Å². The van der Waals surface area contributed by atoms with Crippen LogP contribution in [0.4, 0.5) is 9.18 Å². The van der Waals surface area contributed by atoms with E-state index in [9.17, 15) is 19.1 Å². The molecule has 0 aromatic heterocycles. The molecule has 3 rings (SSSR count). The van der Waals surface area contributed by atoms with E-state index < -0.39 is 24.1 Å². The van der Waals surface area contributed by atoms with Gasteiger partial charge in [0.1, 0.15) is 18.5 Å². The van der Waals surface area contributed by atoms with Crippen LogP contribution in [0.3, 0.4) is 0 Å². The van der Waals surface area contributed by atoms with Crippen LogP contribution < -0.4 is 0 Å². The molecule has 2 amide bonds. The SMILES string of the molecule is O=C(CCCC(O)c1cccc(F)c1)N1C(=O)OCC1c1ccccc1. The minimum absolute atomic E-state index is 0.102. The molecule has 2 aromatic carbocycles. The van der Waals surface area contributed by atoms with Gasteiger partial charge in [-0.2, -0.15) is 0 Å². The summed E-state index contributed by atoms with van der Waals surface area (Å²) in [5.41, 5.74) is 1.31. The van der Waals surface area contributed by atoms with Gasteiger partial charge in [0, 0.05) is 6.42 Å². The second kappa shape index (κ2) is 8.10. The lowest BCUT2D eigenvalue weighted by atomic mass is 10.0. The largest absolute Gasteiger partial charge is 0.446 e. The number of cyclic esters (lactones) is 1. The summed E-state index contributed by atoms with van der Waals surface area (Å²) < 4.78 is 18.2. The van der Waals surface area contributed by atoms with E-state index in [1.54, 1.807) is 6.07 Å². The lowest BCUT2D eigenvalue weighted by Gasteiger charge is -2.20. The van der Waals surface area contributed by atoms with Gasteiger partial charge in [0.2, 0.25) is 5.91 Å². The van der Waals surface area contributed by atoms with Crippen LogP contribution in [0.5, 0.6) is 0 Å². The van der Waals surface area contributed by atoms with E-state index in [2.05, 4.69) is 0 Å². The number of rotatable bonds is 6. The van der Waals surface area contributed by atoms with Crippen LogP contribution >= 0.6 is 0 Å². The molecule has 2 atom stereocenters. The van der Waals surface area contributed by atoms with Gasteiger partial charge in [0.05, 0.1) is 6.10 Å². The normalized spacial score (nSPS) is 17.8. The first-order valence-corrected chi connectivity index (χ1v) is 8.53. The summed E-state index contributed by atoms with van der Waals surface area (Å²) in [6, 6.07) is 14.6.